The number of hydrogen-bond acceptors (Lipinski definition) is 6. The van der Waals surface area contributed by atoms with Gasteiger partial charge in [-0.1, -0.05) is 11.6 Å². The van der Waals surface area contributed by atoms with Crippen LogP contribution in [0.3, 0.4) is 0 Å². The van der Waals surface area contributed by atoms with Crippen LogP contribution in [-0.4, -0.2) is 50.6 Å². The summed E-state index contributed by atoms with van der Waals surface area (Å²) in [6.07, 6.45) is -0.672. The molecule has 0 aliphatic carbocycles. The number of sulfone groups is 1. The van der Waals surface area contributed by atoms with Gasteiger partial charge in [0.2, 0.25) is 0 Å². The summed E-state index contributed by atoms with van der Waals surface area (Å²) in [6.45, 7) is 4.70. The normalized spacial score (nSPS) is 19.6. The zero-order chi connectivity index (χ0) is 19.5. The van der Waals surface area contributed by atoms with E-state index in [-0.39, 0.29) is 18.1 Å². The van der Waals surface area contributed by atoms with Crippen molar-refractivity contribution in [2.24, 2.45) is 0 Å². The van der Waals surface area contributed by atoms with Gasteiger partial charge in [-0.25, -0.2) is 13.2 Å². The van der Waals surface area contributed by atoms with Crippen LogP contribution in [0.5, 0.6) is 5.75 Å². The maximum absolute atomic E-state index is 12.0. The molecule has 1 heterocycles. The first-order chi connectivity index (χ1) is 12.1. The van der Waals surface area contributed by atoms with E-state index in [1.807, 2.05) is 13.8 Å². The number of hydrogen-bond donors (Lipinski definition) is 1. The van der Waals surface area contributed by atoms with Gasteiger partial charge in [0, 0.05) is 11.1 Å². The van der Waals surface area contributed by atoms with Crippen molar-refractivity contribution < 1.29 is 27.5 Å². The second kappa shape index (κ2) is 8.26. The molecule has 7 nitrogen and oxygen atoms in total. The van der Waals surface area contributed by atoms with Crippen LogP contribution < -0.4 is 10.1 Å². The highest BCUT2D eigenvalue weighted by molar-refractivity contribution is 7.91. The van der Waals surface area contributed by atoms with Gasteiger partial charge in [-0.3, -0.25) is 4.79 Å². The molecule has 0 radical (unpaired) electrons. The summed E-state index contributed by atoms with van der Waals surface area (Å²) in [7, 11) is -3.09. The van der Waals surface area contributed by atoms with Gasteiger partial charge in [0.15, 0.2) is 22.5 Å². The van der Waals surface area contributed by atoms with Crippen LogP contribution in [0, 0.1) is 13.8 Å². The molecule has 0 saturated carbocycles. The van der Waals surface area contributed by atoms with Gasteiger partial charge in [-0.05, 0) is 50.5 Å². The number of carbonyl (C=O) groups excluding carboxylic acids is 2. The van der Waals surface area contributed by atoms with E-state index in [0.717, 1.165) is 11.1 Å². The monoisotopic (exact) mass is 403 g/mol. The van der Waals surface area contributed by atoms with Crippen LogP contribution in [0.2, 0.25) is 5.02 Å². The van der Waals surface area contributed by atoms with E-state index in [1.165, 1.54) is 6.92 Å². The predicted octanol–water partition coefficient (Wildman–Crippen LogP) is 1.57. The van der Waals surface area contributed by atoms with Crippen molar-refractivity contribution >= 4 is 33.3 Å². The molecule has 1 aromatic carbocycles. The Morgan fingerprint density at radius 3 is 2.46 bits per heavy atom. The molecule has 1 fully saturated rings. The second-order valence-corrected chi connectivity index (χ2v) is 9.06. The number of esters is 1. The van der Waals surface area contributed by atoms with Crippen LogP contribution in [0.4, 0.5) is 0 Å². The molecule has 26 heavy (non-hydrogen) atoms. The van der Waals surface area contributed by atoms with Crippen molar-refractivity contribution in [2.75, 3.05) is 18.1 Å². The Hall–Kier alpha value is -1.80. The van der Waals surface area contributed by atoms with E-state index in [1.54, 1.807) is 12.1 Å². The highest BCUT2D eigenvalue weighted by Gasteiger charge is 2.30. The average molecular weight is 404 g/mol. The zero-order valence-electron chi connectivity index (χ0n) is 14.9. The lowest BCUT2D eigenvalue weighted by atomic mass is 10.1. The lowest BCUT2D eigenvalue weighted by molar-refractivity contribution is -0.156. The van der Waals surface area contributed by atoms with Gasteiger partial charge < -0.3 is 14.8 Å². The van der Waals surface area contributed by atoms with Crippen molar-refractivity contribution in [3.8, 4) is 5.75 Å². The molecule has 9 heteroatoms. The topological polar surface area (TPSA) is 98.8 Å². The SMILES string of the molecule is Cc1cc(Cl)cc(C)c1OCC(=O)O[C@@H](C)C(=O)N[C@@H]1CCS(=O)(=O)C1. The van der Waals surface area contributed by atoms with Crippen molar-refractivity contribution in [1.29, 1.82) is 0 Å². The van der Waals surface area contributed by atoms with E-state index in [2.05, 4.69) is 5.32 Å². The highest BCUT2D eigenvalue weighted by Crippen LogP contribution is 2.27. The summed E-state index contributed by atoms with van der Waals surface area (Å²) in [5, 5.41) is 3.16. The van der Waals surface area contributed by atoms with Gasteiger partial charge in [-0.2, -0.15) is 0 Å². The Morgan fingerprint density at radius 1 is 1.31 bits per heavy atom. The molecule has 1 aliphatic rings. The van der Waals surface area contributed by atoms with Crippen LogP contribution in [-0.2, 0) is 24.2 Å². The predicted molar refractivity (Wildman–Crippen MR) is 97.2 cm³/mol. The van der Waals surface area contributed by atoms with Gasteiger partial charge in [0.25, 0.3) is 5.91 Å². The Labute approximate surface area is 157 Å². The Morgan fingerprint density at radius 2 is 1.92 bits per heavy atom. The number of carbonyl (C=O) groups is 2. The van der Waals surface area contributed by atoms with Gasteiger partial charge in [0.05, 0.1) is 11.5 Å². The molecule has 2 rings (SSSR count). The van der Waals surface area contributed by atoms with Crippen molar-refractivity contribution in [1.82, 2.24) is 5.32 Å². The fourth-order valence-electron chi connectivity index (χ4n) is 2.77. The van der Waals surface area contributed by atoms with E-state index in [0.29, 0.717) is 17.2 Å². The smallest absolute Gasteiger partial charge is 0.344 e. The van der Waals surface area contributed by atoms with Crippen molar-refractivity contribution in [3.05, 3.63) is 28.3 Å². The number of ether oxygens (including phenoxy) is 2. The van der Waals surface area contributed by atoms with E-state index >= 15 is 0 Å². The van der Waals surface area contributed by atoms with Crippen molar-refractivity contribution in [2.45, 2.75) is 39.3 Å². The highest BCUT2D eigenvalue weighted by atomic mass is 35.5. The molecule has 1 N–H and O–H groups in total. The number of amides is 1. The molecule has 1 aliphatic heterocycles. The van der Waals surface area contributed by atoms with E-state index in [4.69, 9.17) is 21.1 Å². The van der Waals surface area contributed by atoms with Gasteiger partial charge in [0.1, 0.15) is 5.75 Å². The lowest BCUT2D eigenvalue weighted by Crippen LogP contribution is -2.43. The third-order valence-corrected chi connectivity index (χ3v) is 6.00. The summed E-state index contributed by atoms with van der Waals surface area (Å²) in [5.41, 5.74) is 1.58. The fraction of sp³-hybridized carbons (Fsp3) is 0.529. The van der Waals surface area contributed by atoms with Gasteiger partial charge >= 0.3 is 5.97 Å². The molecule has 0 bridgehead atoms. The largest absolute Gasteiger partial charge is 0.481 e. The quantitative estimate of drug-likeness (QED) is 0.724. The number of halogens is 1. The zero-order valence-corrected chi connectivity index (χ0v) is 16.4. The molecular formula is C17H22ClNO6S. The third kappa shape index (κ3) is 5.60. The average Bonchev–Trinajstić information content (AvgIpc) is 2.84. The Balaban J connectivity index is 1.83. The minimum Gasteiger partial charge on any atom is -0.481 e. The first-order valence-electron chi connectivity index (χ1n) is 8.17. The van der Waals surface area contributed by atoms with E-state index in [9.17, 15) is 18.0 Å². The van der Waals surface area contributed by atoms with Gasteiger partial charge in [-0.15, -0.1) is 0 Å². The molecular weight excluding hydrogens is 382 g/mol. The number of benzene rings is 1. The first kappa shape index (κ1) is 20.5. The fourth-order valence-corrected chi connectivity index (χ4v) is 4.77. The van der Waals surface area contributed by atoms with Crippen LogP contribution in [0.25, 0.3) is 0 Å². The summed E-state index contributed by atoms with van der Waals surface area (Å²) in [5.74, 6) is -0.712. The molecule has 144 valence electrons. The van der Waals surface area contributed by atoms with Crippen LogP contribution in [0.1, 0.15) is 24.5 Å². The van der Waals surface area contributed by atoms with Crippen LogP contribution >= 0.6 is 11.6 Å². The maximum atomic E-state index is 12.0. The summed E-state index contributed by atoms with van der Waals surface area (Å²) >= 11 is 5.95. The standard InChI is InChI=1S/C17H22ClNO6S/c1-10-6-13(18)7-11(2)16(10)24-8-15(20)25-12(3)17(21)19-14-4-5-26(22,23)9-14/h6-7,12,14H,4-5,8-9H2,1-3H3,(H,19,21)/t12-,14+/m0/s1. The number of aryl methyl sites for hydroxylation is 2. The first-order valence-corrected chi connectivity index (χ1v) is 10.4. The van der Waals surface area contributed by atoms with Crippen molar-refractivity contribution in [3.63, 3.8) is 0 Å². The molecule has 0 unspecified atom stereocenters. The molecule has 1 amide bonds. The summed E-state index contributed by atoms with van der Waals surface area (Å²) in [6, 6.07) is 3.01. The summed E-state index contributed by atoms with van der Waals surface area (Å²) in [4.78, 5) is 23.9. The minimum absolute atomic E-state index is 0.0553. The number of nitrogens with one attached hydrogen (secondary N) is 1. The lowest BCUT2D eigenvalue weighted by Gasteiger charge is -2.17. The Kier molecular flexibility index (Phi) is 6.52. The second-order valence-electron chi connectivity index (χ2n) is 6.40. The molecule has 1 aromatic rings. The minimum atomic E-state index is -3.09. The molecule has 2 atom stereocenters. The molecule has 0 aromatic heterocycles. The Bertz CT molecular complexity index is 784. The number of rotatable bonds is 6. The molecule has 1 saturated heterocycles. The van der Waals surface area contributed by atoms with Crippen LogP contribution in [0.15, 0.2) is 12.1 Å². The summed E-state index contributed by atoms with van der Waals surface area (Å²) < 4.78 is 33.3. The maximum Gasteiger partial charge on any atom is 0.344 e. The molecule has 0 spiro atoms. The third-order valence-electron chi connectivity index (χ3n) is 4.02. The van der Waals surface area contributed by atoms with E-state index < -0.39 is 33.9 Å².